The van der Waals surface area contributed by atoms with Crippen molar-refractivity contribution in [2.75, 3.05) is 6.61 Å². The van der Waals surface area contributed by atoms with Gasteiger partial charge in [-0.15, -0.1) is 0 Å². The molecule has 14 heavy (non-hydrogen) atoms. The van der Waals surface area contributed by atoms with Crippen molar-refractivity contribution >= 4 is 0 Å². The lowest BCUT2D eigenvalue weighted by molar-refractivity contribution is 0.263. The van der Waals surface area contributed by atoms with Gasteiger partial charge in [0.25, 0.3) is 0 Å². The molecule has 0 aliphatic rings. The Bertz CT molecular complexity index is 355. The molecule has 0 amide bonds. The number of hydrogen-bond acceptors (Lipinski definition) is 3. The maximum Gasteiger partial charge on any atom is 0.200 e. The van der Waals surface area contributed by atoms with Crippen molar-refractivity contribution in [2.24, 2.45) is 5.73 Å². The topological polar surface area (TPSA) is 66.5 Å². The maximum absolute atomic E-state index is 13.0. The first-order valence-electron chi connectivity index (χ1n) is 4.03. The summed E-state index contributed by atoms with van der Waals surface area (Å²) in [5.41, 5.74) is 5.43. The first-order chi connectivity index (χ1) is 6.49. The molecule has 0 unspecified atom stereocenters. The number of hydrogen-bond donors (Lipinski definition) is 3. The number of phenolic OH excluding ortho intramolecular Hbond substituents is 1. The van der Waals surface area contributed by atoms with Crippen LogP contribution >= 0.6 is 0 Å². The van der Waals surface area contributed by atoms with E-state index in [2.05, 4.69) is 0 Å². The fourth-order valence-electron chi connectivity index (χ4n) is 1.15. The third-order valence-electron chi connectivity index (χ3n) is 1.99. The van der Waals surface area contributed by atoms with Crippen LogP contribution in [-0.2, 0) is 0 Å². The normalized spacial score (nSPS) is 12.9. The van der Waals surface area contributed by atoms with Crippen LogP contribution in [0, 0.1) is 18.6 Å². The second kappa shape index (κ2) is 3.89. The zero-order valence-corrected chi connectivity index (χ0v) is 7.59. The lowest BCUT2D eigenvalue weighted by Crippen LogP contribution is -2.15. The van der Waals surface area contributed by atoms with Gasteiger partial charge in [0.1, 0.15) is 0 Å². The highest BCUT2D eigenvalue weighted by molar-refractivity contribution is 5.40. The SMILES string of the molecule is Cc1cc([C@@H](N)CO)c(O)c(F)c1F. The van der Waals surface area contributed by atoms with E-state index in [4.69, 9.17) is 10.8 Å². The van der Waals surface area contributed by atoms with Gasteiger partial charge < -0.3 is 15.9 Å². The summed E-state index contributed by atoms with van der Waals surface area (Å²) in [5, 5.41) is 17.9. The van der Waals surface area contributed by atoms with Gasteiger partial charge in [0.2, 0.25) is 5.82 Å². The van der Waals surface area contributed by atoms with E-state index in [1.165, 1.54) is 13.0 Å². The monoisotopic (exact) mass is 203 g/mol. The maximum atomic E-state index is 13.0. The number of aliphatic hydroxyl groups excluding tert-OH is 1. The third kappa shape index (κ3) is 1.69. The van der Waals surface area contributed by atoms with E-state index >= 15 is 0 Å². The van der Waals surface area contributed by atoms with Gasteiger partial charge in [-0.25, -0.2) is 4.39 Å². The zero-order chi connectivity index (χ0) is 10.9. The molecule has 3 nitrogen and oxygen atoms in total. The van der Waals surface area contributed by atoms with E-state index in [0.717, 1.165) is 0 Å². The minimum Gasteiger partial charge on any atom is -0.505 e. The molecule has 78 valence electrons. The summed E-state index contributed by atoms with van der Waals surface area (Å²) in [4.78, 5) is 0. The van der Waals surface area contributed by atoms with Crippen molar-refractivity contribution in [1.82, 2.24) is 0 Å². The third-order valence-corrected chi connectivity index (χ3v) is 1.99. The van der Waals surface area contributed by atoms with Crippen LogP contribution in [0.25, 0.3) is 0 Å². The highest BCUT2D eigenvalue weighted by Crippen LogP contribution is 2.29. The summed E-state index contributed by atoms with van der Waals surface area (Å²) in [5.74, 6) is -3.27. The van der Waals surface area contributed by atoms with Gasteiger partial charge in [-0.2, -0.15) is 4.39 Å². The highest BCUT2D eigenvalue weighted by Gasteiger charge is 2.19. The van der Waals surface area contributed by atoms with E-state index in [0.29, 0.717) is 0 Å². The Morgan fingerprint density at radius 1 is 1.43 bits per heavy atom. The van der Waals surface area contributed by atoms with Crippen LogP contribution in [0.3, 0.4) is 0 Å². The molecule has 0 aromatic heterocycles. The van der Waals surface area contributed by atoms with E-state index < -0.39 is 30.0 Å². The number of benzene rings is 1. The number of phenols is 1. The molecule has 1 aromatic rings. The summed E-state index contributed by atoms with van der Waals surface area (Å²) in [7, 11) is 0. The van der Waals surface area contributed by atoms with E-state index in [1.54, 1.807) is 0 Å². The summed E-state index contributed by atoms with van der Waals surface area (Å²) in [6.07, 6.45) is 0. The minimum absolute atomic E-state index is 0.00361. The molecule has 1 atom stereocenters. The number of aryl methyl sites for hydroxylation is 1. The molecule has 0 fully saturated rings. The zero-order valence-electron chi connectivity index (χ0n) is 7.59. The Balaban J connectivity index is 3.33. The Hall–Kier alpha value is -1.20. The first-order valence-corrected chi connectivity index (χ1v) is 4.03. The van der Waals surface area contributed by atoms with Crippen LogP contribution in [0.15, 0.2) is 6.07 Å². The van der Waals surface area contributed by atoms with Crippen LogP contribution in [-0.4, -0.2) is 16.8 Å². The molecular formula is C9H11F2NO2. The first kappa shape index (κ1) is 10.9. The number of aliphatic hydroxyl groups is 1. The van der Waals surface area contributed by atoms with Crippen molar-refractivity contribution in [3.63, 3.8) is 0 Å². The van der Waals surface area contributed by atoms with Gasteiger partial charge in [-0.3, -0.25) is 0 Å². The number of aromatic hydroxyl groups is 1. The van der Waals surface area contributed by atoms with Gasteiger partial charge in [-0.1, -0.05) is 0 Å². The fourth-order valence-corrected chi connectivity index (χ4v) is 1.15. The average Bonchev–Trinajstić information content (AvgIpc) is 2.19. The second-order valence-corrected chi connectivity index (χ2v) is 3.05. The molecule has 0 radical (unpaired) electrons. The van der Waals surface area contributed by atoms with Crippen molar-refractivity contribution in [2.45, 2.75) is 13.0 Å². The minimum atomic E-state index is -1.33. The summed E-state index contributed by atoms with van der Waals surface area (Å²) in [6.45, 7) is 0.906. The molecule has 0 aliphatic carbocycles. The summed E-state index contributed by atoms with van der Waals surface area (Å²) in [6, 6.07) is 0.304. The van der Waals surface area contributed by atoms with Crippen molar-refractivity contribution in [1.29, 1.82) is 0 Å². The predicted molar refractivity (Wildman–Crippen MR) is 46.8 cm³/mol. The summed E-state index contributed by atoms with van der Waals surface area (Å²) >= 11 is 0. The fraction of sp³-hybridized carbons (Fsp3) is 0.333. The molecule has 0 bridgehead atoms. The van der Waals surface area contributed by atoms with Crippen molar-refractivity contribution in [3.05, 3.63) is 28.8 Å². The van der Waals surface area contributed by atoms with E-state index in [-0.39, 0.29) is 11.1 Å². The Kier molecular flexibility index (Phi) is 3.03. The molecule has 1 rings (SSSR count). The molecule has 4 N–H and O–H groups in total. The van der Waals surface area contributed by atoms with Crippen molar-refractivity contribution in [3.8, 4) is 5.75 Å². The Morgan fingerprint density at radius 3 is 2.50 bits per heavy atom. The largest absolute Gasteiger partial charge is 0.505 e. The smallest absolute Gasteiger partial charge is 0.200 e. The van der Waals surface area contributed by atoms with Gasteiger partial charge in [0.15, 0.2) is 11.6 Å². The lowest BCUT2D eigenvalue weighted by Gasteiger charge is -2.12. The molecule has 5 heteroatoms. The standard InChI is InChI=1S/C9H11F2NO2/c1-4-2-5(6(12)3-13)9(14)8(11)7(4)10/h2,6,13-14H,3,12H2,1H3/t6-/m0/s1. The van der Waals surface area contributed by atoms with Gasteiger partial charge in [0.05, 0.1) is 12.6 Å². The number of rotatable bonds is 2. The van der Waals surface area contributed by atoms with Gasteiger partial charge in [0, 0.05) is 5.56 Å². The van der Waals surface area contributed by atoms with Crippen molar-refractivity contribution < 1.29 is 19.0 Å². The van der Waals surface area contributed by atoms with Gasteiger partial charge in [-0.05, 0) is 18.6 Å². The Labute approximate surface area is 79.8 Å². The molecular weight excluding hydrogens is 192 g/mol. The van der Waals surface area contributed by atoms with Crippen LogP contribution in [0.1, 0.15) is 17.2 Å². The van der Waals surface area contributed by atoms with Crippen LogP contribution in [0.5, 0.6) is 5.75 Å². The lowest BCUT2D eigenvalue weighted by atomic mass is 10.0. The van der Waals surface area contributed by atoms with Crippen LogP contribution < -0.4 is 5.73 Å². The molecule has 1 aromatic carbocycles. The predicted octanol–water partition coefficient (Wildman–Crippen LogP) is 0.971. The number of nitrogens with two attached hydrogens (primary N) is 1. The highest BCUT2D eigenvalue weighted by atomic mass is 19.2. The van der Waals surface area contributed by atoms with Gasteiger partial charge >= 0.3 is 0 Å². The van der Waals surface area contributed by atoms with E-state index in [9.17, 15) is 13.9 Å². The van der Waals surface area contributed by atoms with Crippen LogP contribution in [0.2, 0.25) is 0 Å². The molecule has 0 spiro atoms. The molecule has 0 aliphatic heterocycles. The quantitative estimate of drug-likeness (QED) is 0.671. The number of halogens is 2. The molecule has 0 saturated carbocycles. The average molecular weight is 203 g/mol. The molecule has 0 saturated heterocycles. The molecule has 0 heterocycles. The van der Waals surface area contributed by atoms with Crippen LogP contribution in [0.4, 0.5) is 8.78 Å². The summed E-state index contributed by atoms with van der Waals surface area (Å²) < 4.78 is 25.9. The van der Waals surface area contributed by atoms with E-state index in [1.807, 2.05) is 0 Å². The second-order valence-electron chi connectivity index (χ2n) is 3.05. The Morgan fingerprint density at radius 2 is 2.00 bits per heavy atom.